The van der Waals surface area contributed by atoms with Crippen molar-refractivity contribution < 1.29 is 9.90 Å². The van der Waals surface area contributed by atoms with E-state index in [0.29, 0.717) is 12.1 Å². The zero-order valence-corrected chi connectivity index (χ0v) is 12.1. The number of aliphatic hydroxyl groups is 1. The maximum absolute atomic E-state index is 12.3. The van der Waals surface area contributed by atoms with E-state index in [1.165, 1.54) is 0 Å². The number of H-pyrrole nitrogens is 1. The normalized spacial score (nSPS) is 11.8. The smallest absolute Gasteiger partial charge is 0.253 e. The number of benzene rings is 1. The molecule has 0 aliphatic rings. The van der Waals surface area contributed by atoms with Gasteiger partial charge in [0.15, 0.2) is 0 Å². The number of carbonyl (C=O) groups is 1. The quantitative estimate of drug-likeness (QED) is 0.758. The molecule has 0 saturated carbocycles. The molecule has 2 aromatic rings. The van der Waals surface area contributed by atoms with E-state index < -0.39 is 0 Å². The van der Waals surface area contributed by atoms with Gasteiger partial charge in [0.05, 0.1) is 12.2 Å². The minimum atomic E-state index is -0.220. The van der Waals surface area contributed by atoms with E-state index in [2.05, 4.69) is 10.3 Å². The second-order valence-electron chi connectivity index (χ2n) is 5.30. The Bertz CT molecular complexity index is 577. The second kappa shape index (κ2) is 6.09. The Morgan fingerprint density at radius 1 is 1.30 bits per heavy atom. The Balaban J connectivity index is 2.13. The van der Waals surface area contributed by atoms with Gasteiger partial charge in [0, 0.05) is 29.1 Å². The highest BCUT2D eigenvalue weighted by molar-refractivity contribution is 6.06. The average Bonchev–Trinajstić information content (AvgIpc) is 2.93. The van der Waals surface area contributed by atoms with E-state index >= 15 is 0 Å². The monoisotopic (exact) mass is 274 g/mol. The van der Waals surface area contributed by atoms with Gasteiger partial charge in [0.2, 0.25) is 0 Å². The highest BCUT2D eigenvalue weighted by Crippen LogP contribution is 2.25. The first-order chi connectivity index (χ1) is 9.65. The van der Waals surface area contributed by atoms with Crippen LogP contribution in [0.25, 0.3) is 10.9 Å². The largest absolute Gasteiger partial charge is 0.396 e. The molecule has 0 saturated heterocycles. The van der Waals surface area contributed by atoms with Gasteiger partial charge in [-0.05, 0) is 18.9 Å². The van der Waals surface area contributed by atoms with E-state index in [-0.39, 0.29) is 17.9 Å². The molecule has 1 heterocycles. The van der Waals surface area contributed by atoms with Crippen LogP contribution in [0, 0.1) is 5.41 Å². The Kier molecular flexibility index (Phi) is 4.45. The molecule has 0 aliphatic carbocycles. The first-order valence-corrected chi connectivity index (χ1v) is 7.11. The van der Waals surface area contributed by atoms with Gasteiger partial charge in [-0.1, -0.05) is 32.0 Å². The summed E-state index contributed by atoms with van der Waals surface area (Å²) >= 11 is 0. The van der Waals surface area contributed by atoms with Crippen LogP contribution in [0.5, 0.6) is 0 Å². The van der Waals surface area contributed by atoms with Crippen LogP contribution in [-0.2, 0) is 0 Å². The van der Waals surface area contributed by atoms with Crippen molar-refractivity contribution in [1.82, 2.24) is 10.3 Å². The third-order valence-electron chi connectivity index (χ3n) is 4.29. The fraction of sp³-hybridized carbons (Fsp3) is 0.438. The zero-order chi connectivity index (χ0) is 14.6. The van der Waals surface area contributed by atoms with Gasteiger partial charge < -0.3 is 15.4 Å². The molecule has 2 rings (SSSR count). The second-order valence-corrected chi connectivity index (χ2v) is 5.30. The number of amides is 1. The van der Waals surface area contributed by atoms with Crippen LogP contribution in [0.2, 0.25) is 0 Å². The minimum Gasteiger partial charge on any atom is -0.396 e. The molecule has 20 heavy (non-hydrogen) atoms. The van der Waals surface area contributed by atoms with Crippen LogP contribution < -0.4 is 5.32 Å². The van der Waals surface area contributed by atoms with E-state index in [1.807, 2.05) is 38.1 Å². The molecule has 0 unspecified atom stereocenters. The van der Waals surface area contributed by atoms with Crippen molar-refractivity contribution in [3.8, 4) is 0 Å². The van der Waals surface area contributed by atoms with Crippen molar-refractivity contribution in [2.45, 2.75) is 26.7 Å². The van der Waals surface area contributed by atoms with Crippen LogP contribution in [0.1, 0.15) is 37.0 Å². The standard InChI is InChI=1S/C16H22N2O2/c1-3-16(4-2,11-19)10-18-15(20)13-9-17-14-8-6-5-7-12(13)14/h5-9,17,19H,3-4,10-11H2,1-2H3,(H,18,20). The van der Waals surface area contributed by atoms with Gasteiger partial charge in [-0.2, -0.15) is 0 Å². The number of para-hydroxylation sites is 1. The number of nitrogens with one attached hydrogen (secondary N) is 2. The summed E-state index contributed by atoms with van der Waals surface area (Å²) in [5.74, 6) is -0.0952. The van der Waals surface area contributed by atoms with Crippen molar-refractivity contribution in [1.29, 1.82) is 0 Å². The Morgan fingerprint density at radius 2 is 2.00 bits per heavy atom. The van der Waals surface area contributed by atoms with Crippen molar-refractivity contribution in [2.24, 2.45) is 5.41 Å². The topological polar surface area (TPSA) is 65.1 Å². The van der Waals surface area contributed by atoms with Crippen molar-refractivity contribution in [3.05, 3.63) is 36.0 Å². The Hall–Kier alpha value is -1.81. The maximum atomic E-state index is 12.3. The highest BCUT2D eigenvalue weighted by atomic mass is 16.3. The molecule has 4 nitrogen and oxygen atoms in total. The maximum Gasteiger partial charge on any atom is 0.253 e. The fourth-order valence-electron chi connectivity index (χ4n) is 2.40. The number of hydrogen-bond donors (Lipinski definition) is 3. The number of rotatable bonds is 6. The van der Waals surface area contributed by atoms with Gasteiger partial charge in [0.1, 0.15) is 0 Å². The molecular formula is C16H22N2O2. The molecule has 1 aromatic heterocycles. The predicted octanol–water partition coefficient (Wildman–Crippen LogP) is 2.70. The molecule has 0 bridgehead atoms. The number of aromatic amines is 1. The Morgan fingerprint density at radius 3 is 2.65 bits per heavy atom. The van der Waals surface area contributed by atoms with Crippen LogP contribution in [0.4, 0.5) is 0 Å². The number of fused-ring (bicyclic) bond motifs is 1. The summed E-state index contributed by atoms with van der Waals surface area (Å²) in [4.78, 5) is 15.4. The van der Waals surface area contributed by atoms with E-state index in [9.17, 15) is 9.90 Å². The summed E-state index contributed by atoms with van der Waals surface area (Å²) in [6.07, 6.45) is 3.42. The molecule has 4 heteroatoms. The molecule has 3 N–H and O–H groups in total. The molecule has 0 radical (unpaired) electrons. The summed E-state index contributed by atoms with van der Waals surface area (Å²) < 4.78 is 0. The molecule has 108 valence electrons. The van der Waals surface area contributed by atoms with Crippen LogP contribution >= 0.6 is 0 Å². The lowest BCUT2D eigenvalue weighted by Crippen LogP contribution is -2.39. The molecule has 0 spiro atoms. The Labute approximate surface area is 119 Å². The van der Waals surface area contributed by atoms with Crippen molar-refractivity contribution >= 4 is 16.8 Å². The zero-order valence-electron chi connectivity index (χ0n) is 12.1. The van der Waals surface area contributed by atoms with Crippen LogP contribution in [-0.4, -0.2) is 29.1 Å². The van der Waals surface area contributed by atoms with Gasteiger partial charge in [-0.3, -0.25) is 4.79 Å². The lowest BCUT2D eigenvalue weighted by molar-refractivity contribution is 0.0852. The number of aliphatic hydroxyl groups excluding tert-OH is 1. The van der Waals surface area contributed by atoms with E-state index in [4.69, 9.17) is 0 Å². The summed E-state index contributed by atoms with van der Waals surface area (Å²) in [7, 11) is 0. The van der Waals surface area contributed by atoms with Crippen LogP contribution in [0.3, 0.4) is 0 Å². The highest BCUT2D eigenvalue weighted by Gasteiger charge is 2.26. The first kappa shape index (κ1) is 14.6. The van der Waals surface area contributed by atoms with Gasteiger partial charge in [-0.15, -0.1) is 0 Å². The minimum absolute atomic E-state index is 0.0914. The molecule has 0 fully saturated rings. The summed E-state index contributed by atoms with van der Waals surface area (Å²) in [6.45, 7) is 4.66. The first-order valence-electron chi connectivity index (χ1n) is 7.11. The van der Waals surface area contributed by atoms with E-state index in [1.54, 1.807) is 6.20 Å². The summed E-state index contributed by atoms with van der Waals surface area (Å²) in [6, 6.07) is 7.73. The predicted molar refractivity (Wildman–Crippen MR) is 80.7 cm³/mol. The summed E-state index contributed by atoms with van der Waals surface area (Å²) in [5.41, 5.74) is 1.39. The fourth-order valence-corrected chi connectivity index (χ4v) is 2.40. The lowest BCUT2D eigenvalue weighted by Gasteiger charge is -2.29. The van der Waals surface area contributed by atoms with E-state index in [0.717, 1.165) is 23.7 Å². The van der Waals surface area contributed by atoms with Gasteiger partial charge >= 0.3 is 0 Å². The van der Waals surface area contributed by atoms with Gasteiger partial charge in [-0.25, -0.2) is 0 Å². The third-order valence-corrected chi connectivity index (χ3v) is 4.29. The molecule has 0 aliphatic heterocycles. The molecule has 1 aromatic carbocycles. The van der Waals surface area contributed by atoms with Crippen molar-refractivity contribution in [2.75, 3.05) is 13.2 Å². The number of aromatic nitrogens is 1. The average molecular weight is 274 g/mol. The SMILES string of the molecule is CCC(CC)(CO)CNC(=O)c1c[nH]c2ccccc12. The van der Waals surface area contributed by atoms with Crippen molar-refractivity contribution in [3.63, 3.8) is 0 Å². The third kappa shape index (κ3) is 2.70. The number of hydrogen-bond acceptors (Lipinski definition) is 2. The molecule has 0 atom stereocenters. The number of carbonyl (C=O) groups excluding carboxylic acids is 1. The lowest BCUT2D eigenvalue weighted by atomic mass is 9.83. The summed E-state index contributed by atoms with van der Waals surface area (Å²) in [5, 5.41) is 13.4. The van der Waals surface area contributed by atoms with Gasteiger partial charge in [0.25, 0.3) is 5.91 Å². The van der Waals surface area contributed by atoms with Crippen LogP contribution in [0.15, 0.2) is 30.5 Å². The molecule has 1 amide bonds. The molecular weight excluding hydrogens is 252 g/mol.